The Balaban J connectivity index is 1.10. The normalized spacial score (nSPS) is 14.7. The van der Waals surface area contributed by atoms with Gasteiger partial charge in [0.15, 0.2) is 28.3 Å². The van der Waals surface area contributed by atoms with Crippen molar-refractivity contribution in [3.8, 4) is 11.5 Å². The Morgan fingerprint density at radius 1 is 1.02 bits per heavy atom. The van der Waals surface area contributed by atoms with Crippen LogP contribution in [0.2, 0.25) is 0 Å². The number of likely N-dealkylation sites (tertiary alicyclic amines) is 1. The summed E-state index contributed by atoms with van der Waals surface area (Å²) >= 11 is 1.23. The lowest BCUT2D eigenvalue weighted by Crippen LogP contribution is -2.36. The molecule has 2 N–H and O–H groups in total. The van der Waals surface area contributed by atoms with E-state index < -0.39 is 36.6 Å². The molecule has 1 fully saturated rings. The first kappa shape index (κ1) is 41.4. The molecule has 17 heteroatoms. The van der Waals surface area contributed by atoms with Crippen molar-refractivity contribution in [3.05, 3.63) is 59.4 Å². The fraction of sp³-hybridized carbons (Fsp3) is 0.514. The van der Waals surface area contributed by atoms with Gasteiger partial charge in [0.1, 0.15) is 12.1 Å². The van der Waals surface area contributed by atoms with E-state index in [0.29, 0.717) is 51.4 Å². The largest absolute Gasteiger partial charge is 0.493 e. The number of phosphoric acid groups is 1. The highest BCUT2D eigenvalue weighted by molar-refractivity contribution is 7.48. The number of carbonyl (C=O) groups excluding carboxylic acids is 1. The average molecular weight is 791 g/mol. The van der Waals surface area contributed by atoms with Gasteiger partial charge in [-0.05, 0) is 98.0 Å². The number of phosphoric ester groups is 1. The summed E-state index contributed by atoms with van der Waals surface area (Å²) in [5, 5.41) is 6.73. The maximum absolute atomic E-state index is 14.0. The summed E-state index contributed by atoms with van der Waals surface area (Å²) in [5.74, 6) is -0.845. The third kappa shape index (κ3) is 12.1. The average Bonchev–Trinajstić information content (AvgIpc) is 3.52. The number of piperidine rings is 1. The summed E-state index contributed by atoms with van der Waals surface area (Å²) in [7, 11) is -2.17. The zero-order valence-corrected chi connectivity index (χ0v) is 33.5. The van der Waals surface area contributed by atoms with Crippen molar-refractivity contribution in [1.29, 1.82) is 0 Å². The van der Waals surface area contributed by atoms with Crippen LogP contribution >= 0.6 is 19.2 Å². The molecule has 54 heavy (non-hydrogen) atoms. The van der Waals surface area contributed by atoms with Gasteiger partial charge in [0.05, 0.1) is 49.2 Å². The number of carbonyl (C=O) groups is 1. The van der Waals surface area contributed by atoms with E-state index in [0.717, 1.165) is 45.0 Å². The molecule has 2 aromatic carbocycles. The third-order valence-corrected chi connectivity index (χ3v) is 11.0. The van der Waals surface area contributed by atoms with Gasteiger partial charge in [-0.15, -0.1) is 11.3 Å². The highest BCUT2D eigenvalue weighted by Crippen LogP contribution is 2.55. The zero-order valence-electron chi connectivity index (χ0n) is 31.7. The molecule has 294 valence electrons. The molecule has 0 atom stereocenters. The van der Waals surface area contributed by atoms with Gasteiger partial charge in [-0.25, -0.2) is 28.3 Å². The highest BCUT2D eigenvalue weighted by atomic mass is 32.1. The highest BCUT2D eigenvalue weighted by Gasteiger charge is 2.38. The summed E-state index contributed by atoms with van der Waals surface area (Å²) < 4.78 is 70.0. The molecule has 5 rings (SSSR count). The van der Waals surface area contributed by atoms with Gasteiger partial charge in [0, 0.05) is 29.1 Å². The van der Waals surface area contributed by atoms with Crippen LogP contribution in [0.15, 0.2) is 42.9 Å². The van der Waals surface area contributed by atoms with Gasteiger partial charge in [-0.2, -0.15) is 0 Å². The van der Waals surface area contributed by atoms with Gasteiger partial charge in [0.25, 0.3) is 0 Å². The number of rotatable bonds is 16. The number of amides is 1. The van der Waals surface area contributed by atoms with E-state index in [4.69, 9.17) is 23.0 Å². The van der Waals surface area contributed by atoms with Crippen molar-refractivity contribution in [2.75, 3.05) is 50.6 Å². The second-order valence-corrected chi connectivity index (χ2v) is 17.6. The van der Waals surface area contributed by atoms with E-state index in [-0.39, 0.29) is 18.0 Å². The molecule has 0 bridgehead atoms. The standard InChI is InChI=1S/C37H49F2N6O7PS/c1-36(2,3)51-53(47,52-37(4,5)6)50-22-24-12-15-45(16-13-24)14-9-17-49-31-20-29-26(19-30(31)48-7)34(42-23-41-29)44-35-40-21-25(54-35)18-32(46)43-28-11-8-10-27(38)33(28)39/h8,10-11,19-21,23-24H,9,12-18,22H2,1-7H3,(H,43,46)(H,40,41,42,44). The van der Waals surface area contributed by atoms with Crippen molar-refractivity contribution in [2.24, 2.45) is 5.92 Å². The third-order valence-electron chi connectivity index (χ3n) is 8.08. The molecule has 1 aliphatic rings. The van der Waals surface area contributed by atoms with E-state index in [2.05, 4.69) is 30.5 Å². The number of hydrogen-bond acceptors (Lipinski definition) is 13. The van der Waals surface area contributed by atoms with Crippen LogP contribution in [0.4, 0.5) is 25.4 Å². The van der Waals surface area contributed by atoms with Gasteiger partial charge in [-0.1, -0.05) is 6.07 Å². The summed E-state index contributed by atoms with van der Waals surface area (Å²) in [4.78, 5) is 28.6. The molecular weight excluding hydrogens is 741 g/mol. The number of aromatic nitrogens is 3. The van der Waals surface area contributed by atoms with Crippen LogP contribution in [-0.4, -0.2) is 76.9 Å². The summed E-state index contributed by atoms with van der Waals surface area (Å²) in [6.45, 7) is 14.4. The predicted molar refractivity (Wildman–Crippen MR) is 205 cm³/mol. The van der Waals surface area contributed by atoms with E-state index in [1.807, 2.05) is 41.5 Å². The second kappa shape index (κ2) is 17.8. The Labute approximate surface area is 318 Å². The maximum atomic E-state index is 14.0. The number of fused-ring (bicyclic) bond motifs is 1. The minimum absolute atomic E-state index is 0.0763. The van der Waals surface area contributed by atoms with Crippen molar-refractivity contribution in [3.63, 3.8) is 0 Å². The van der Waals surface area contributed by atoms with E-state index >= 15 is 0 Å². The molecule has 13 nitrogen and oxygen atoms in total. The van der Waals surface area contributed by atoms with Crippen LogP contribution in [0.3, 0.4) is 0 Å². The number of hydrogen-bond donors (Lipinski definition) is 2. The van der Waals surface area contributed by atoms with Gasteiger partial charge in [0.2, 0.25) is 5.91 Å². The first-order chi connectivity index (χ1) is 25.5. The Morgan fingerprint density at radius 2 is 1.74 bits per heavy atom. The molecule has 0 spiro atoms. The van der Waals surface area contributed by atoms with Gasteiger partial charge < -0.3 is 25.0 Å². The molecule has 4 aromatic rings. The molecule has 1 amide bonds. The van der Waals surface area contributed by atoms with E-state index in [1.165, 1.54) is 36.0 Å². The van der Waals surface area contributed by atoms with E-state index in [1.54, 1.807) is 19.2 Å². The molecule has 0 radical (unpaired) electrons. The Kier molecular flexibility index (Phi) is 13.6. The minimum Gasteiger partial charge on any atom is -0.493 e. The molecule has 3 heterocycles. The minimum atomic E-state index is -3.74. The number of anilines is 3. The Morgan fingerprint density at radius 3 is 2.43 bits per heavy atom. The lowest BCUT2D eigenvalue weighted by molar-refractivity contribution is -0.115. The molecule has 0 aliphatic carbocycles. The number of ether oxygens (including phenoxy) is 2. The monoisotopic (exact) mass is 790 g/mol. The van der Waals surface area contributed by atoms with Crippen LogP contribution in [-0.2, 0) is 29.4 Å². The molecule has 1 saturated heterocycles. The second-order valence-electron chi connectivity index (χ2n) is 15.0. The van der Waals surface area contributed by atoms with Crippen molar-refractivity contribution in [1.82, 2.24) is 19.9 Å². The Hall–Kier alpha value is -3.79. The number of halogens is 2. The lowest BCUT2D eigenvalue weighted by Gasteiger charge is -2.34. The topological polar surface area (TPSA) is 146 Å². The van der Waals surface area contributed by atoms with Crippen LogP contribution in [0.25, 0.3) is 10.9 Å². The van der Waals surface area contributed by atoms with Gasteiger partial charge in [-0.3, -0.25) is 18.4 Å². The summed E-state index contributed by atoms with van der Waals surface area (Å²) in [5.41, 5.74) is -0.941. The smallest absolute Gasteiger partial charge is 0.475 e. The molecule has 1 aliphatic heterocycles. The quantitative estimate of drug-likeness (QED) is 0.0829. The molecular formula is C37H49F2N6O7PS. The molecule has 0 unspecified atom stereocenters. The van der Waals surface area contributed by atoms with Crippen molar-refractivity contribution in [2.45, 2.75) is 78.4 Å². The number of thiazole rings is 1. The number of nitrogens with zero attached hydrogens (tertiary/aromatic N) is 4. The number of methoxy groups -OCH3 is 1. The summed E-state index contributed by atoms with van der Waals surface area (Å²) in [6.07, 6.45) is 5.51. The predicted octanol–water partition coefficient (Wildman–Crippen LogP) is 8.53. The van der Waals surface area contributed by atoms with Crippen molar-refractivity contribution >= 4 is 52.6 Å². The fourth-order valence-corrected chi connectivity index (χ4v) is 8.41. The maximum Gasteiger partial charge on any atom is 0.475 e. The van der Waals surface area contributed by atoms with Gasteiger partial charge >= 0.3 is 7.82 Å². The van der Waals surface area contributed by atoms with Crippen molar-refractivity contribution < 1.29 is 41.2 Å². The fourth-order valence-electron chi connectivity index (χ4n) is 5.72. The van der Waals surface area contributed by atoms with E-state index in [9.17, 15) is 18.1 Å². The SMILES string of the molecule is COc1cc2c(Nc3ncc(CC(=O)Nc4cccc(F)c4F)s3)ncnc2cc1OCCCN1CCC(COP(=O)(OC(C)(C)C)OC(C)(C)C)CC1. The number of nitrogens with one attached hydrogen (secondary N) is 2. The van der Waals surface area contributed by atoms with Crippen LogP contribution < -0.4 is 20.1 Å². The van der Waals surface area contributed by atoms with Crippen LogP contribution in [0.5, 0.6) is 11.5 Å². The lowest BCUT2D eigenvalue weighted by atomic mass is 9.98. The molecule has 0 saturated carbocycles. The van der Waals surface area contributed by atoms with Crippen LogP contribution in [0, 0.1) is 17.6 Å². The van der Waals surface area contributed by atoms with Crippen LogP contribution in [0.1, 0.15) is 65.7 Å². The zero-order chi connectivity index (χ0) is 39.1. The number of benzene rings is 2. The molecule has 2 aromatic heterocycles. The Bertz CT molecular complexity index is 1930. The summed E-state index contributed by atoms with van der Waals surface area (Å²) in [6, 6.07) is 7.20. The first-order valence-corrected chi connectivity index (χ1v) is 20.1. The first-order valence-electron chi connectivity index (χ1n) is 17.8.